The minimum Gasteiger partial charge on any atom is -0.411 e. The largest absolute Gasteiger partial charge is 0.414 e. The predicted molar refractivity (Wildman–Crippen MR) is 49.1 cm³/mol. The zero-order chi connectivity index (χ0) is 10.9. The van der Waals surface area contributed by atoms with Gasteiger partial charge in [-0.05, 0) is 26.6 Å². The van der Waals surface area contributed by atoms with E-state index in [0.717, 1.165) is 0 Å². The van der Waals surface area contributed by atoms with E-state index in [2.05, 4.69) is 6.58 Å². The number of hydrogen-bond donors (Lipinski definition) is 0. The van der Waals surface area contributed by atoms with Crippen LogP contribution in [0.25, 0.3) is 0 Å². The van der Waals surface area contributed by atoms with E-state index in [0.29, 0.717) is 0 Å². The Morgan fingerprint density at radius 1 is 1.31 bits per heavy atom. The lowest BCUT2D eigenvalue weighted by atomic mass is 10.2. The topological polar surface area (TPSA) is 9.23 Å². The zero-order valence-corrected chi connectivity index (χ0v) is 9.33. The van der Waals surface area contributed by atoms with Crippen LogP contribution in [0.2, 0.25) is 19.6 Å². The summed E-state index contributed by atoms with van der Waals surface area (Å²) in [7, 11) is -1.92. The second-order valence-corrected chi connectivity index (χ2v) is 8.36. The SMILES string of the molecule is C=C(C(C)O[Si](C)(C)C)C(F)(F)F. The molecule has 0 aliphatic rings. The van der Waals surface area contributed by atoms with Gasteiger partial charge in [0.05, 0.1) is 11.7 Å². The Labute approximate surface area is 77.7 Å². The first kappa shape index (κ1) is 12.7. The Balaban J connectivity index is 4.30. The Hall–Kier alpha value is -0.293. The molecule has 0 amide bonds. The maximum absolute atomic E-state index is 12.1. The fourth-order valence-corrected chi connectivity index (χ4v) is 2.03. The number of rotatable bonds is 3. The molecule has 0 bridgehead atoms. The van der Waals surface area contributed by atoms with E-state index >= 15 is 0 Å². The maximum atomic E-state index is 12.1. The van der Waals surface area contributed by atoms with E-state index in [1.165, 1.54) is 6.92 Å². The Morgan fingerprint density at radius 3 is 1.92 bits per heavy atom. The van der Waals surface area contributed by atoms with Gasteiger partial charge in [0.2, 0.25) is 0 Å². The monoisotopic (exact) mass is 212 g/mol. The van der Waals surface area contributed by atoms with E-state index in [4.69, 9.17) is 4.43 Å². The van der Waals surface area contributed by atoms with Gasteiger partial charge >= 0.3 is 6.18 Å². The van der Waals surface area contributed by atoms with Crippen LogP contribution in [0.15, 0.2) is 12.2 Å². The molecule has 0 N–H and O–H groups in total. The molecule has 0 heterocycles. The molecule has 0 saturated heterocycles. The lowest BCUT2D eigenvalue weighted by Gasteiger charge is -2.25. The van der Waals surface area contributed by atoms with Crippen molar-refractivity contribution in [2.24, 2.45) is 0 Å². The van der Waals surface area contributed by atoms with Crippen molar-refractivity contribution in [3.05, 3.63) is 12.2 Å². The molecule has 5 heteroatoms. The van der Waals surface area contributed by atoms with E-state index in [9.17, 15) is 13.2 Å². The summed E-state index contributed by atoms with van der Waals surface area (Å²) >= 11 is 0. The summed E-state index contributed by atoms with van der Waals surface area (Å²) < 4.78 is 41.6. The smallest absolute Gasteiger partial charge is 0.411 e. The van der Waals surface area contributed by atoms with Gasteiger partial charge in [-0.25, -0.2) is 0 Å². The summed E-state index contributed by atoms with van der Waals surface area (Å²) in [5.41, 5.74) is -0.810. The quantitative estimate of drug-likeness (QED) is 0.515. The minimum absolute atomic E-state index is 0.810. The van der Waals surface area contributed by atoms with Crippen LogP contribution in [-0.4, -0.2) is 20.6 Å². The summed E-state index contributed by atoms with van der Waals surface area (Å²) in [6.45, 7) is 9.89. The third-order valence-electron chi connectivity index (χ3n) is 1.39. The summed E-state index contributed by atoms with van der Waals surface area (Å²) in [4.78, 5) is 0. The highest BCUT2D eigenvalue weighted by Crippen LogP contribution is 2.29. The van der Waals surface area contributed by atoms with Crippen LogP contribution in [0.3, 0.4) is 0 Å². The second kappa shape index (κ2) is 3.83. The number of alkyl halides is 3. The third kappa shape index (κ3) is 5.10. The van der Waals surface area contributed by atoms with Crippen LogP contribution in [0.4, 0.5) is 13.2 Å². The highest BCUT2D eigenvalue weighted by atomic mass is 28.4. The molecule has 0 fully saturated rings. The van der Waals surface area contributed by atoms with Crippen molar-refractivity contribution in [3.63, 3.8) is 0 Å². The third-order valence-corrected chi connectivity index (χ3v) is 2.45. The summed E-state index contributed by atoms with van der Waals surface area (Å²) in [6, 6.07) is 0. The Bertz CT molecular complexity index is 193. The van der Waals surface area contributed by atoms with Gasteiger partial charge in [-0.1, -0.05) is 6.58 Å². The first-order valence-corrected chi connectivity index (χ1v) is 7.38. The van der Waals surface area contributed by atoms with Crippen LogP contribution in [0.1, 0.15) is 6.92 Å². The standard InChI is InChI=1S/C8H15F3OSi/c1-6(8(9,10)11)7(2)12-13(3,4)5/h7H,1H2,2-5H3. The maximum Gasteiger partial charge on any atom is 0.414 e. The van der Waals surface area contributed by atoms with Crippen molar-refractivity contribution < 1.29 is 17.6 Å². The molecular weight excluding hydrogens is 197 g/mol. The predicted octanol–water partition coefficient (Wildman–Crippen LogP) is 3.34. The van der Waals surface area contributed by atoms with Crippen LogP contribution in [0, 0.1) is 0 Å². The van der Waals surface area contributed by atoms with Crippen molar-refractivity contribution in [2.45, 2.75) is 38.8 Å². The average Bonchev–Trinajstić information content (AvgIpc) is 1.79. The van der Waals surface area contributed by atoms with Crippen molar-refractivity contribution in [1.29, 1.82) is 0 Å². The van der Waals surface area contributed by atoms with E-state index in [-0.39, 0.29) is 0 Å². The first-order chi connectivity index (χ1) is 5.54. The van der Waals surface area contributed by atoms with E-state index in [1.807, 2.05) is 19.6 Å². The average molecular weight is 212 g/mol. The summed E-state index contributed by atoms with van der Waals surface area (Å²) in [5.74, 6) is 0. The molecule has 13 heavy (non-hydrogen) atoms. The highest BCUT2D eigenvalue weighted by Gasteiger charge is 2.37. The molecule has 0 saturated carbocycles. The number of hydrogen-bond acceptors (Lipinski definition) is 1. The molecule has 1 atom stereocenters. The summed E-state index contributed by atoms with van der Waals surface area (Å²) in [5, 5.41) is 0. The molecule has 78 valence electrons. The van der Waals surface area contributed by atoms with Crippen molar-refractivity contribution >= 4 is 8.32 Å². The van der Waals surface area contributed by atoms with Gasteiger partial charge in [-0.3, -0.25) is 0 Å². The first-order valence-electron chi connectivity index (χ1n) is 3.98. The van der Waals surface area contributed by atoms with Crippen LogP contribution in [-0.2, 0) is 4.43 Å². The minimum atomic E-state index is -4.35. The molecule has 0 aromatic rings. The van der Waals surface area contributed by atoms with Crippen LogP contribution < -0.4 is 0 Å². The molecular formula is C8H15F3OSi. The van der Waals surface area contributed by atoms with Crippen molar-refractivity contribution in [1.82, 2.24) is 0 Å². The second-order valence-electron chi connectivity index (χ2n) is 3.90. The summed E-state index contributed by atoms with van der Waals surface area (Å²) in [6.07, 6.45) is -5.29. The van der Waals surface area contributed by atoms with Gasteiger partial charge in [0.15, 0.2) is 8.32 Å². The Kier molecular flexibility index (Phi) is 3.75. The van der Waals surface area contributed by atoms with Gasteiger partial charge in [-0.2, -0.15) is 13.2 Å². The van der Waals surface area contributed by atoms with Gasteiger partial charge in [0.25, 0.3) is 0 Å². The highest BCUT2D eigenvalue weighted by molar-refractivity contribution is 6.69. The van der Waals surface area contributed by atoms with Crippen molar-refractivity contribution in [2.75, 3.05) is 0 Å². The van der Waals surface area contributed by atoms with Gasteiger partial charge in [0.1, 0.15) is 0 Å². The van der Waals surface area contributed by atoms with Crippen LogP contribution in [0.5, 0.6) is 0 Å². The zero-order valence-electron chi connectivity index (χ0n) is 8.33. The molecule has 0 aliphatic carbocycles. The fourth-order valence-electron chi connectivity index (χ4n) is 0.832. The normalized spacial score (nSPS) is 15.6. The van der Waals surface area contributed by atoms with E-state index in [1.54, 1.807) is 0 Å². The van der Waals surface area contributed by atoms with E-state index < -0.39 is 26.2 Å². The van der Waals surface area contributed by atoms with Gasteiger partial charge in [0, 0.05) is 0 Å². The lowest BCUT2D eigenvalue weighted by Crippen LogP contribution is -2.34. The lowest BCUT2D eigenvalue weighted by molar-refractivity contribution is -0.102. The molecule has 0 aromatic heterocycles. The molecule has 1 nitrogen and oxygen atoms in total. The van der Waals surface area contributed by atoms with Crippen molar-refractivity contribution in [3.8, 4) is 0 Å². The molecule has 0 spiro atoms. The fraction of sp³-hybridized carbons (Fsp3) is 0.750. The molecule has 0 aliphatic heterocycles. The van der Waals surface area contributed by atoms with Gasteiger partial charge in [-0.15, -0.1) is 0 Å². The molecule has 0 radical (unpaired) electrons. The number of halogens is 3. The molecule has 1 unspecified atom stereocenters. The molecule has 0 aromatic carbocycles. The van der Waals surface area contributed by atoms with Crippen LogP contribution >= 0.6 is 0 Å². The molecule has 0 rings (SSSR count). The van der Waals surface area contributed by atoms with Gasteiger partial charge < -0.3 is 4.43 Å². The Morgan fingerprint density at radius 2 is 1.69 bits per heavy atom.